The van der Waals surface area contributed by atoms with Gasteiger partial charge in [-0.2, -0.15) is 5.10 Å². The van der Waals surface area contributed by atoms with Crippen molar-refractivity contribution < 1.29 is 14.3 Å². The molecule has 2 N–H and O–H groups in total. The average molecular weight is 327 g/mol. The number of H-pyrrole nitrogens is 1. The van der Waals surface area contributed by atoms with Gasteiger partial charge in [0.1, 0.15) is 0 Å². The van der Waals surface area contributed by atoms with Crippen LogP contribution in [0.5, 0.6) is 0 Å². The van der Waals surface area contributed by atoms with Crippen LogP contribution >= 0.6 is 0 Å². The molecule has 126 valence electrons. The van der Waals surface area contributed by atoms with Crippen molar-refractivity contribution >= 4 is 18.1 Å². The largest absolute Gasteiger partial charge is 0.462 e. The molecule has 0 spiro atoms. The predicted octanol–water partition coefficient (Wildman–Crippen LogP) is 2.88. The van der Waals surface area contributed by atoms with Crippen LogP contribution in [0.4, 0.5) is 0 Å². The van der Waals surface area contributed by atoms with Crippen molar-refractivity contribution in [1.82, 2.24) is 10.4 Å². The van der Waals surface area contributed by atoms with E-state index in [1.807, 2.05) is 19.1 Å². The van der Waals surface area contributed by atoms with Crippen LogP contribution in [-0.2, 0) is 4.74 Å². The zero-order valence-corrected chi connectivity index (χ0v) is 14.3. The van der Waals surface area contributed by atoms with E-state index in [2.05, 4.69) is 15.5 Å². The van der Waals surface area contributed by atoms with Gasteiger partial charge < -0.3 is 9.72 Å². The number of ether oxygens (including phenoxy) is 1. The first kappa shape index (κ1) is 17.5. The molecule has 2 rings (SSSR count). The summed E-state index contributed by atoms with van der Waals surface area (Å²) in [6.45, 7) is 7.63. The fourth-order valence-electron chi connectivity index (χ4n) is 2.34. The number of nitrogens with zero attached hydrogens (tertiary/aromatic N) is 1. The molecule has 0 fully saturated rings. The minimum absolute atomic E-state index is 0.294. The number of hydrogen-bond donors (Lipinski definition) is 2. The predicted molar refractivity (Wildman–Crippen MR) is 92.5 cm³/mol. The Morgan fingerprint density at radius 1 is 1.21 bits per heavy atom. The lowest BCUT2D eigenvalue weighted by atomic mass is 10.1. The van der Waals surface area contributed by atoms with Crippen molar-refractivity contribution in [3.8, 4) is 0 Å². The highest BCUT2D eigenvalue weighted by molar-refractivity contribution is 5.97. The molecule has 6 nitrogen and oxygen atoms in total. The first-order chi connectivity index (χ1) is 11.4. The minimum Gasteiger partial charge on any atom is -0.462 e. The number of aromatic amines is 1. The number of carbonyl (C=O) groups is 2. The molecule has 0 atom stereocenters. The zero-order chi connectivity index (χ0) is 17.7. The fourth-order valence-corrected chi connectivity index (χ4v) is 2.34. The first-order valence-electron chi connectivity index (χ1n) is 7.70. The van der Waals surface area contributed by atoms with Crippen molar-refractivity contribution in [2.45, 2.75) is 27.7 Å². The third kappa shape index (κ3) is 3.90. The Morgan fingerprint density at radius 3 is 2.50 bits per heavy atom. The number of benzene rings is 1. The van der Waals surface area contributed by atoms with Gasteiger partial charge in [-0.1, -0.05) is 17.7 Å². The van der Waals surface area contributed by atoms with Crippen molar-refractivity contribution in [3.63, 3.8) is 0 Å². The van der Waals surface area contributed by atoms with E-state index in [1.54, 1.807) is 32.9 Å². The number of hydrogen-bond acceptors (Lipinski definition) is 4. The molecule has 24 heavy (non-hydrogen) atoms. The lowest BCUT2D eigenvalue weighted by Crippen LogP contribution is -2.17. The molecule has 0 aliphatic heterocycles. The van der Waals surface area contributed by atoms with Gasteiger partial charge >= 0.3 is 5.97 Å². The van der Waals surface area contributed by atoms with Crippen LogP contribution in [0.2, 0.25) is 0 Å². The molecule has 2 aromatic rings. The molecule has 0 bridgehead atoms. The van der Waals surface area contributed by atoms with E-state index in [1.165, 1.54) is 6.21 Å². The molecule has 0 aliphatic carbocycles. The van der Waals surface area contributed by atoms with Gasteiger partial charge in [0.15, 0.2) is 0 Å². The maximum absolute atomic E-state index is 12.0. The van der Waals surface area contributed by atoms with Crippen LogP contribution in [0.15, 0.2) is 29.4 Å². The van der Waals surface area contributed by atoms with Gasteiger partial charge in [0.2, 0.25) is 0 Å². The van der Waals surface area contributed by atoms with E-state index in [0.29, 0.717) is 29.1 Å². The number of rotatable bonds is 5. The van der Waals surface area contributed by atoms with Crippen molar-refractivity contribution in [2.75, 3.05) is 6.61 Å². The molecule has 0 radical (unpaired) electrons. The second kappa shape index (κ2) is 7.59. The topological polar surface area (TPSA) is 83.6 Å². The Labute approximate surface area is 140 Å². The Morgan fingerprint density at radius 2 is 1.88 bits per heavy atom. The van der Waals surface area contributed by atoms with E-state index in [4.69, 9.17) is 4.74 Å². The highest BCUT2D eigenvalue weighted by atomic mass is 16.5. The van der Waals surface area contributed by atoms with Gasteiger partial charge in [0, 0.05) is 11.3 Å². The summed E-state index contributed by atoms with van der Waals surface area (Å²) in [4.78, 5) is 27.0. The number of aromatic nitrogens is 1. The molecular weight excluding hydrogens is 306 g/mol. The highest BCUT2D eigenvalue weighted by Crippen LogP contribution is 2.17. The smallest absolute Gasteiger partial charge is 0.340 e. The minimum atomic E-state index is -0.368. The van der Waals surface area contributed by atoms with Crippen molar-refractivity contribution in [3.05, 3.63) is 57.9 Å². The molecule has 1 aromatic heterocycles. The lowest BCUT2D eigenvalue weighted by molar-refractivity contribution is 0.0525. The second-order valence-corrected chi connectivity index (χ2v) is 5.45. The molecule has 0 saturated carbocycles. The van der Waals surface area contributed by atoms with Crippen LogP contribution in [0.1, 0.15) is 50.2 Å². The Hall–Kier alpha value is -2.89. The lowest BCUT2D eigenvalue weighted by Gasteiger charge is -2.02. The number of amides is 1. The van der Waals surface area contributed by atoms with E-state index >= 15 is 0 Å². The van der Waals surface area contributed by atoms with E-state index in [-0.39, 0.29) is 11.9 Å². The number of carbonyl (C=O) groups excluding carboxylic acids is 2. The van der Waals surface area contributed by atoms with Gasteiger partial charge in [-0.3, -0.25) is 4.79 Å². The quantitative estimate of drug-likeness (QED) is 0.503. The zero-order valence-electron chi connectivity index (χ0n) is 14.3. The number of aryl methyl sites for hydroxylation is 2. The van der Waals surface area contributed by atoms with Gasteiger partial charge in [0.05, 0.1) is 24.1 Å². The summed E-state index contributed by atoms with van der Waals surface area (Å²) in [6.07, 6.45) is 1.48. The summed E-state index contributed by atoms with van der Waals surface area (Å²) in [5.41, 5.74) is 6.68. The third-order valence-corrected chi connectivity index (χ3v) is 3.63. The fraction of sp³-hybridized carbons (Fsp3) is 0.278. The Balaban J connectivity index is 2.09. The summed E-state index contributed by atoms with van der Waals surface area (Å²) >= 11 is 0. The number of hydrazone groups is 1. The van der Waals surface area contributed by atoms with Crippen molar-refractivity contribution in [1.29, 1.82) is 0 Å². The average Bonchev–Trinajstić information content (AvgIpc) is 2.82. The van der Waals surface area contributed by atoms with Gasteiger partial charge in [-0.05, 0) is 45.4 Å². The summed E-state index contributed by atoms with van der Waals surface area (Å²) in [5, 5.41) is 3.95. The first-order valence-corrected chi connectivity index (χ1v) is 7.70. The second-order valence-electron chi connectivity index (χ2n) is 5.45. The van der Waals surface area contributed by atoms with Crippen LogP contribution in [0.3, 0.4) is 0 Å². The SMILES string of the molecule is CCOC(=O)c1c(C)[nH]c(/C=N/NC(=O)c2ccc(C)cc2)c1C. The van der Waals surface area contributed by atoms with E-state index in [9.17, 15) is 9.59 Å². The number of esters is 1. The molecule has 1 aromatic carbocycles. The molecular formula is C18H21N3O3. The molecule has 0 saturated heterocycles. The third-order valence-electron chi connectivity index (χ3n) is 3.63. The summed E-state index contributed by atoms with van der Waals surface area (Å²) in [6, 6.07) is 7.21. The van der Waals surface area contributed by atoms with Gasteiger partial charge in [-0.15, -0.1) is 0 Å². The molecule has 6 heteroatoms. The van der Waals surface area contributed by atoms with Gasteiger partial charge in [-0.25, -0.2) is 10.2 Å². The maximum atomic E-state index is 12.0. The van der Waals surface area contributed by atoms with E-state index in [0.717, 1.165) is 11.1 Å². The summed E-state index contributed by atoms with van der Waals surface area (Å²) in [7, 11) is 0. The Bertz CT molecular complexity index is 774. The van der Waals surface area contributed by atoms with Crippen LogP contribution in [0, 0.1) is 20.8 Å². The normalized spacial score (nSPS) is 10.8. The van der Waals surface area contributed by atoms with Crippen molar-refractivity contribution in [2.24, 2.45) is 5.10 Å². The van der Waals surface area contributed by atoms with Crippen LogP contribution in [0.25, 0.3) is 0 Å². The van der Waals surface area contributed by atoms with E-state index < -0.39 is 0 Å². The van der Waals surface area contributed by atoms with Crippen LogP contribution < -0.4 is 5.43 Å². The monoisotopic (exact) mass is 327 g/mol. The van der Waals surface area contributed by atoms with Crippen LogP contribution in [-0.4, -0.2) is 29.7 Å². The summed E-state index contributed by atoms with van der Waals surface area (Å²) < 4.78 is 5.04. The molecule has 0 aliphatic rings. The number of nitrogens with one attached hydrogen (secondary N) is 2. The molecule has 1 amide bonds. The highest BCUT2D eigenvalue weighted by Gasteiger charge is 2.18. The molecule has 1 heterocycles. The maximum Gasteiger partial charge on any atom is 0.340 e. The standard InChI is InChI=1S/C18H21N3O3/c1-5-24-18(23)16-12(3)15(20-13(16)4)10-19-21-17(22)14-8-6-11(2)7-9-14/h6-10,20H,5H2,1-4H3,(H,21,22)/b19-10+. The van der Waals surface area contributed by atoms with Gasteiger partial charge in [0.25, 0.3) is 5.91 Å². The Kier molecular flexibility index (Phi) is 5.52. The molecule has 0 unspecified atom stereocenters. The summed E-state index contributed by atoms with van der Waals surface area (Å²) in [5.74, 6) is -0.662.